The predicted molar refractivity (Wildman–Crippen MR) is 121 cm³/mol. The van der Waals surface area contributed by atoms with Gasteiger partial charge in [-0.3, -0.25) is 4.98 Å². The first-order chi connectivity index (χ1) is 14.0. The third-order valence-corrected chi connectivity index (χ3v) is 6.03. The van der Waals surface area contributed by atoms with Crippen molar-refractivity contribution in [1.82, 2.24) is 4.98 Å². The van der Waals surface area contributed by atoms with Crippen LogP contribution in [0, 0.1) is 0 Å². The highest BCUT2D eigenvalue weighted by atomic mass is 32.2. The van der Waals surface area contributed by atoms with Gasteiger partial charge in [0.1, 0.15) is 16.7 Å². The molecule has 5 aromatic rings. The van der Waals surface area contributed by atoms with Crippen molar-refractivity contribution in [2.24, 2.45) is 0 Å². The zero-order valence-electron chi connectivity index (χ0n) is 16.7. The van der Waals surface area contributed by atoms with Crippen molar-refractivity contribution in [3.05, 3.63) is 72.5 Å². The number of rotatable bonds is 3. The van der Waals surface area contributed by atoms with Crippen LogP contribution >= 0.6 is 11.8 Å². The number of hydrogen-bond acceptors (Lipinski definition) is 4. The van der Waals surface area contributed by atoms with Gasteiger partial charge in [-0.25, -0.2) is 0 Å². The van der Waals surface area contributed by atoms with Crippen molar-refractivity contribution >= 4 is 44.7 Å². The molecule has 4 heteroatoms. The summed E-state index contributed by atoms with van der Waals surface area (Å²) in [6.45, 7) is 10.6. The molecule has 0 unspecified atom stereocenters. The number of aromatic nitrogens is 1. The minimum atomic E-state index is 0.00549. The molecule has 29 heavy (non-hydrogen) atoms. The van der Waals surface area contributed by atoms with Crippen LogP contribution in [-0.2, 0) is 5.41 Å². The Balaban J connectivity index is 1.85. The second-order valence-electron chi connectivity index (χ2n) is 8.15. The fourth-order valence-corrected chi connectivity index (χ4v) is 4.75. The Morgan fingerprint density at radius 1 is 0.966 bits per heavy atom. The van der Waals surface area contributed by atoms with Gasteiger partial charge in [-0.1, -0.05) is 45.2 Å². The topological polar surface area (TPSA) is 39.2 Å². The lowest BCUT2D eigenvalue weighted by atomic mass is 9.85. The zero-order valence-corrected chi connectivity index (χ0v) is 17.5. The van der Waals surface area contributed by atoms with E-state index in [0.717, 1.165) is 44.2 Å². The Hall–Kier alpha value is -2.98. The SMILES string of the molecule is C=CSc1ccc(-c2nccc3oc4ccc5occc5c4c23)cc1C(C)(C)C. The molecule has 0 spiro atoms. The van der Waals surface area contributed by atoms with Gasteiger partial charge in [-0.05, 0) is 52.8 Å². The van der Waals surface area contributed by atoms with E-state index in [9.17, 15) is 0 Å². The molecule has 5 rings (SSSR count). The molecule has 0 bridgehead atoms. The highest BCUT2D eigenvalue weighted by Crippen LogP contribution is 2.41. The van der Waals surface area contributed by atoms with Crippen molar-refractivity contribution in [1.29, 1.82) is 0 Å². The van der Waals surface area contributed by atoms with Crippen molar-refractivity contribution < 1.29 is 8.83 Å². The molecule has 3 nitrogen and oxygen atoms in total. The van der Waals surface area contributed by atoms with Crippen LogP contribution in [0.25, 0.3) is 44.2 Å². The van der Waals surface area contributed by atoms with E-state index in [2.05, 4.69) is 45.5 Å². The minimum absolute atomic E-state index is 0.00549. The van der Waals surface area contributed by atoms with E-state index in [-0.39, 0.29) is 5.41 Å². The number of furan rings is 2. The van der Waals surface area contributed by atoms with E-state index in [0.29, 0.717) is 0 Å². The fraction of sp³-hybridized carbons (Fsp3) is 0.160. The maximum Gasteiger partial charge on any atom is 0.139 e. The van der Waals surface area contributed by atoms with Crippen LogP contribution in [0.1, 0.15) is 26.3 Å². The molecule has 0 aliphatic carbocycles. The summed E-state index contributed by atoms with van der Waals surface area (Å²) in [6.07, 6.45) is 3.54. The first kappa shape index (κ1) is 18.1. The highest BCUT2D eigenvalue weighted by Gasteiger charge is 2.21. The second-order valence-corrected chi connectivity index (χ2v) is 9.16. The number of nitrogens with zero attached hydrogens (tertiary/aromatic N) is 1. The normalized spacial score (nSPS) is 12.2. The Labute approximate surface area is 173 Å². The molecule has 0 amide bonds. The lowest BCUT2D eigenvalue weighted by molar-refractivity contribution is 0.578. The quantitative estimate of drug-likeness (QED) is 0.289. The summed E-state index contributed by atoms with van der Waals surface area (Å²) < 4.78 is 11.8. The Bertz CT molecular complexity index is 1390. The summed E-state index contributed by atoms with van der Waals surface area (Å²) in [7, 11) is 0. The van der Waals surface area contributed by atoms with Gasteiger partial charge in [-0.2, -0.15) is 0 Å². The van der Waals surface area contributed by atoms with E-state index in [1.807, 2.05) is 35.9 Å². The zero-order chi connectivity index (χ0) is 20.2. The summed E-state index contributed by atoms with van der Waals surface area (Å²) in [6, 6.07) is 14.4. The molecular formula is C25H21NO2S. The molecule has 0 radical (unpaired) electrons. The van der Waals surface area contributed by atoms with Crippen molar-refractivity contribution in [2.45, 2.75) is 31.1 Å². The number of pyridine rings is 1. The summed E-state index contributed by atoms with van der Waals surface area (Å²) in [4.78, 5) is 5.99. The van der Waals surface area contributed by atoms with Gasteiger partial charge in [0.15, 0.2) is 0 Å². The molecule has 0 atom stereocenters. The first-order valence-corrected chi connectivity index (χ1v) is 10.5. The third-order valence-electron chi connectivity index (χ3n) is 5.25. The highest BCUT2D eigenvalue weighted by molar-refractivity contribution is 8.02. The van der Waals surface area contributed by atoms with Crippen LogP contribution in [0.4, 0.5) is 0 Å². The van der Waals surface area contributed by atoms with Crippen LogP contribution in [0.2, 0.25) is 0 Å². The molecule has 2 aromatic carbocycles. The number of fused-ring (bicyclic) bond motifs is 5. The monoisotopic (exact) mass is 399 g/mol. The lowest BCUT2D eigenvalue weighted by Crippen LogP contribution is -2.12. The van der Waals surface area contributed by atoms with Gasteiger partial charge in [0.2, 0.25) is 0 Å². The molecular weight excluding hydrogens is 378 g/mol. The molecule has 0 N–H and O–H groups in total. The summed E-state index contributed by atoms with van der Waals surface area (Å²) in [5.74, 6) is 0. The van der Waals surface area contributed by atoms with Gasteiger partial charge in [0.25, 0.3) is 0 Å². The van der Waals surface area contributed by atoms with Crippen molar-refractivity contribution in [3.63, 3.8) is 0 Å². The standard InChI is InChI=1S/C25H21NO2S/c1-5-29-21-9-6-15(14-17(21)25(2,3)4)24-23-20(10-12-26-24)28-19-8-7-18-16(22(19)23)11-13-27-18/h5-14H,1H2,2-4H3. The van der Waals surface area contributed by atoms with E-state index in [1.54, 1.807) is 18.0 Å². The summed E-state index contributed by atoms with van der Waals surface area (Å²) in [5, 5.41) is 5.00. The molecule has 144 valence electrons. The van der Waals surface area contributed by atoms with E-state index in [4.69, 9.17) is 13.8 Å². The van der Waals surface area contributed by atoms with Gasteiger partial charge in [0.05, 0.1) is 17.3 Å². The fourth-order valence-electron chi connectivity index (χ4n) is 3.93. The number of thioether (sulfide) groups is 1. The Morgan fingerprint density at radius 3 is 2.55 bits per heavy atom. The van der Waals surface area contributed by atoms with E-state index in [1.165, 1.54) is 10.5 Å². The molecule has 0 saturated heterocycles. The van der Waals surface area contributed by atoms with Crippen LogP contribution in [0.5, 0.6) is 0 Å². The summed E-state index contributed by atoms with van der Waals surface area (Å²) in [5.41, 5.74) is 5.82. The van der Waals surface area contributed by atoms with Crippen LogP contribution in [-0.4, -0.2) is 4.98 Å². The lowest BCUT2D eigenvalue weighted by Gasteiger charge is -2.23. The maximum absolute atomic E-state index is 6.15. The van der Waals surface area contributed by atoms with E-state index >= 15 is 0 Å². The predicted octanol–water partition coefficient (Wildman–Crippen LogP) is 7.93. The minimum Gasteiger partial charge on any atom is -0.464 e. The smallest absolute Gasteiger partial charge is 0.139 e. The molecule has 0 fully saturated rings. The average Bonchev–Trinajstić information content (AvgIpc) is 3.31. The van der Waals surface area contributed by atoms with Crippen molar-refractivity contribution in [2.75, 3.05) is 0 Å². The van der Waals surface area contributed by atoms with Crippen LogP contribution < -0.4 is 0 Å². The Kier molecular flexibility index (Phi) is 4.07. The number of benzene rings is 2. The average molecular weight is 400 g/mol. The van der Waals surface area contributed by atoms with E-state index < -0.39 is 0 Å². The van der Waals surface area contributed by atoms with Gasteiger partial charge < -0.3 is 8.83 Å². The molecule has 3 heterocycles. The largest absolute Gasteiger partial charge is 0.464 e. The van der Waals surface area contributed by atoms with Crippen LogP contribution in [0.15, 0.2) is 80.6 Å². The third kappa shape index (κ3) is 2.87. The van der Waals surface area contributed by atoms with Crippen LogP contribution in [0.3, 0.4) is 0 Å². The summed E-state index contributed by atoms with van der Waals surface area (Å²) >= 11 is 1.66. The number of hydrogen-bond donors (Lipinski definition) is 0. The van der Waals surface area contributed by atoms with Gasteiger partial charge in [-0.15, -0.1) is 0 Å². The first-order valence-electron chi connectivity index (χ1n) is 9.57. The second kappa shape index (κ2) is 6.53. The van der Waals surface area contributed by atoms with Crippen molar-refractivity contribution in [3.8, 4) is 11.3 Å². The van der Waals surface area contributed by atoms with Gasteiger partial charge in [0, 0.05) is 27.4 Å². The van der Waals surface area contributed by atoms with Gasteiger partial charge >= 0.3 is 0 Å². The molecule has 0 aliphatic heterocycles. The maximum atomic E-state index is 6.15. The molecule has 3 aromatic heterocycles. The Morgan fingerprint density at radius 2 is 1.76 bits per heavy atom. The molecule has 0 aliphatic rings. The molecule has 0 saturated carbocycles.